The first-order valence-electron chi connectivity index (χ1n) is 7.55. The molecule has 25 heavy (non-hydrogen) atoms. The molecule has 2 rings (SSSR count). The molecular weight excluding hydrogens is 350 g/mol. The van der Waals surface area contributed by atoms with Crippen molar-refractivity contribution in [2.75, 3.05) is 18.4 Å². The van der Waals surface area contributed by atoms with Crippen LogP contribution < -0.4 is 5.32 Å². The molecule has 0 aromatic heterocycles. The van der Waals surface area contributed by atoms with E-state index in [1.165, 1.54) is 12.1 Å². The predicted molar refractivity (Wildman–Crippen MR) is 90.6 cm³/mol. The molecule has 1 amide bonds. The van der Waals surface area contributed by atoms with E-state index >= 15 is 0 Å². The Labute approximate surface area is 145 Å². The standard InChI is InChI=1S/C17H18F2N2O3S/c1-3-21(25(23,24)15-8-6-13(18)7-9-15)11-17(22)20-16-10-14(19)5-4-12(16)2/h4-10H,3,11H2,1-2H3,(H,20,22). The Balaban J connectivity index is 2.16. The number of sulfonamides is 1. The van der Waals surface area contributed by atoms with Gasteiger partial charge in [0.1, 0.15) is 11.6 Å². The fraction of sp³-hybridized carbons (Fsp3) is 0.235. The van der Waals surface area contributed by atoms with Crippen LogP contribution in [0.4, 0.5) is 14.5 Å². The monoisotopic (exact) mass is 368 g/mol. The summed E-state index contributed by atoms with van der Waals surface area (Å²) in [5.74, 6) is -1.66. The number of nitrogens with zero attached hydrogens (tertiary/aromatic N) is 1. The SMILES string of the molecule is CCN(CC(=O)Nc1cc(F)ccc1C)S(=O)(=O)c1ccc(F)cc1. The van der Waals surface area contributed by atoms with Gasteiger partial charge in [0.15, 0.2) is 0 Å². The smallest absolute Gasteiger partial charge is 0.243 e. The van der Waals surface area contributed by atoms with Gasteiger partial charge in [-0.3, -0.25) is 4.79 Å². The Morgan fingerprint density at radius 2 is 1.68 bits per heavy atom. The maximum atomic E-state index is 13.3. The van der Waals surface area contributed by atoms with Gasteiger partial charge >= 0.3 is 0 Å². The second kappa shape index (κ2) is 7.71. The van der Waals surface area contributed by atoms with Crippen molar-refractivity contribution in [3.8, 4) is 0 Å². The minimum Gasteiger partial charge on any atom is -0.325 e. The van der Waals surface area contributed by atoms with Crippen LogP contribution in [0.3, 0.4) is 0 Å². The van der Waals surface area contributed by atoms with E-state index < -0.39 is 34.1 Å². The number of anilines is 1. The van der Waals surface area contributed by atoms with Gasteiger partial charge in [-0.2, -0.15) is 4.31 Å². The summed E-state index contributed by atoms with van der Waals surface area (Å²) >= 11 is 0. The van der Waals surface area contributed by atoms with E-state index in [-0.39, 0.29) is 17.1 Å². The molecule has 134 valence electrons. The van der Waals surface area contributed by atoms with Crippen LogP contribution in [0.15, 0.2) is 47.4 Å². The summed E-state index contributed by atoms with van der Waals surface area (Å²) < 4.78 is 52.3. The lowest BCUT2D eigenvalue weighted by molar-refractivity contribution is -0.116. The van der Waals surface area contributed by atoms with Crippen LogP contribution in [0.25, 0.3) is 0 Å². The van der Waals surface area contributed by atoms with E-state index in [1.54, 1.807) is 13.8 Å². The maximum Gasteiger partial charge on any atom is 0.243 e. The van der Waals surface area contributed by atoms with E-state index in [0.29, 0.717) is 5.56 Å². The summed E-state index contributed by atoms with van der Waals surface area (Å²) in [6.07, 6.45) is 0. The lowest BCUT2D eigenvalue weighted by Crippen LogP contribution is -2.37. The number of likely N-dealkylation sites (N-methyl/N-ethyl adjacent to an activating group) is 1. The molecule has 0 unspecified atom stereocenters. The van der Waals surface area contributed by atoms with Crippen molar-refractivity contribution < 1.29 is 22.0 Å². The first-order valence-corrected chi connectivity index (χ1v) is 8.99. The average molecular weight is 368 g/mol. The number of aryl methyl sites for hydroxylation is 1. The van der Waals surface area contributed by atoms with Crippen LogP contribution in [0.5, 0.6) is 0 Å². The van der Waals surface area contributed by atoms with Gasteiger partial charge in [0.25, 0.3) is 0 Å². The van der Waals surface area contributed by atoms with Gasteiger partial charge in [-0.1, -0.05) is 13.0 Å². The normalized spacial score (nSPS) is 11.6. The zero-order chi connectivity index (χ0) is 18.6. The van der Waals surface area contributed by atoms with E-state index in [2.05, 4.69) is 5.32 Å². The van der Waals surface area contributed by atoms with Crippen LogP contribution in [-0.4, -0.2) is 31.7 Å². The van der Waals surface area contributed by atoms with Gasteiger partial charge in [0.2, 0.25) is 15.9 Å². The van der Waals surface area contributed by atoms with Crippen molar-refractivity contribution in [1.29, 1.82) is 0 Å². The lowest BCUT2D eigenvalue weighted by atomic mass is 10.2. The van der Waals surface area contributed by atoms with Crippen molar-refractivity contribution in [3.05, 3.63) is 59.7 Å². The molecule has 1 N–H and O–H groups in total. The van der Waals surface area contributed by atoms with Gasteiger partial charge in [-0.05, 0) is 48.9 Å². The van der Waals surface area contributed by atoms with E-state index in [9.17, 15) is 22.0 Å². The fourth-order valence-electron chi connectivity index (χ4n) is 2.20. The number of rotatable bonds is 6. The molecule has 0 heterocycles. The number of amides is 1. The molecule has 0 bridgehead atoms. The number of benzene rings is 2. The molecule has 8 heteroatoms. The predicted octanol–water partition coefficient (Wildman–Crippen LogP) is 2.92. The second-order valence-corrected chi connectivity index (χ2v) is 7.33. The van der Waals surface area contributed by atoms with Gasteiger partial charge in [-0.15, -0.1) is 0 Å². The first kappa shape index (κ1) is 19.0. The highest BCUT2D eigenvalue weighted by molar-refractivity contribution is 7.89. The number of carbonyl (C=O) groups excluding carboxylic acids is 1. The Bertz CT molecular complexity index is 868. The molecule has 0 fully saturated rings. The number of hydrogen-bond acceptors (Lipinski definition) is 3. The first-order chi connectivity index (χ1) is 11.7. The molecule has 0 saturated heterocycles. The number of nitrogens with one attached hydrogen (secondary N) is 1. The quantitative estimate of drug-likeness (QED) is 0.853. The summed E-state index contributed by atoms with van der Waals surface area (Å²) in [7, 11) is -3.94. The van der Waals surface area contributed by atoms with E-state index in [4.69, 9.17) is 0 Å². The van der Waals surface area contributed by atoms with E-state index in [0.717, 1.165) is 34.6 Å². The summed E-state index contributed by atoms with van der Waals surface area (Å²) in [5.41, 5.74) is 0.930. The van der Waals surface area contributed by atoms with Crippen LogP contribution >= 0.6 is 0 Å². The van der Waals surface area contributed by atoms with E-state index in [1.807, 2.05) is 0 Å². The molecule has 0 radical (unpaired) electrons. The van der Waals surface area contributed by atoms with Crippen molar-refractivity contribution in [1.82, 2.24) is 4.31 Å². The Kier molecular flexibility index (Phi) is 5.86. The molecule has 2 aromatic rings. The zero-order valence-corrected chi connectivity index (χ0v) is 14.6. The number of carbonyl (C=O) groups is 1. The van der Waals surface area contributed by atoms with Crippen molar-refractivity contribution in [2.45, 2.75) is 18.7 Å². The van der Waals surface area contributed by atoms with Gasteiger partial charge in [0, 0.05) is 12.2 Å². The average Bonchev–Trinajstić information content (AvgIpc) is 2.56. The highest BCUT2D eigenvalue weighted by Gasteiger charge is 2.25. The third-order valence-electron chi connectivity index (χ3n) is 3.60. The minimum absolute atomic E-state index is 0.0509. The van der Waals surface area contributed by atoms with Crippen molar-refractivity contribution in [2.24, 2.45) is 0 Å². The summed E-state index contributed by atoms with van der Waals surface area (Å²) in [5, 5.41) is 2.50. The molecular formula is C17H18F2N2O3S. The minimum atomic E-state index is -3.94. The Morgan fingerprint density at radius 1 is 1.08 bits per heavy atom. The van der Waals surface area contributed by atoms with Crippen LogP contribution in [0.1, 0.15) is 12.5 Å². The van der Waals surface area contributed by atoms with Crippen LogP contribution in [-0.2, 0) is 14.8 Å². The Morgan fingerprint density at radius 3 is 2.28 bits per heavy atom. The molecule has 2 aromatic carbocycles. The van der Waals surface area contributed by atoms with Gasteiger partial charge in [-0.25, -0.2) is 17.2 Å². The summed E-state index contributed by atoms with van der Waals surface area (Å²) in [4.78, 5) is 12.1. The molecule has 0 aliphatic carbocycles. The summed E-state index contributed by atoms with van der Waals surface area (Å²) in [6.45, 7) is 2.89. The topological polar surface area (TPSA) is 66.5 Å². The molecule has 0 saturated carbocycles. The van der Waals surface area contributed by atoms with Crippen molar-refractivity contribution >= 4 is 21.6 Å². The lowest BCUT2D eigenvalue weighted by Gasteiger charge is -2.20. The molecule has 0 spiro atoms. The molecule has 0 aliphatic rings. The highest BCUT2D eigenvalue weighted by Crippen LogP contribution is 2.18. The molecule has 0 atom stereocenters. The van der Waals surface area contributed by atoms with Crippen LogP contribution in [0.2, 0.25) is 0 Å². The molecule has 0 aliphatic heterocycles. The third-order valence-corrected chi connectivity index (χ3v) is 5.53. The van der Waals surface area contributed by atoms with Gasteiger partial charge in [0.05, 0.1) is 11.4 Å². The molecule has 5 nitrogen and oxygen atoms in total. The number of halogens is 2. The number of hydrogen-bond donors (Lipinski definition) is 1. The highest BCUT2D eigenvalue weighted by atomic mass is 32.2. The summed E-state index contributed by atoms with van der Waals surface area (Å²) in [6, 6.07) is 8.30. The second-order valence-electron chi connectivity index (χ2n) is 5.39. The maximum absolute atomic E-state index is 13.3. The largest absolute Gasteiger partial charge is 0.325 e. The van der Waals surface area contributed by atoms with Crippen molar-refractivity contribution in [3.63, 3.8) is 0 Å². The Hall–Kier alpha value is -2.32. The van der Waals surface area contributed by atoms with Gasteiger partial charge < -0.3 is 5.32 Å². The fourth-order valence-corrected chi connectivity index (χ4v) is 3.61. The van der Waals surface area contributed by atoms with Crippen LogP contribution in [0, 0.1) is 18.6 Å². The third kappa shape index (κ3) is 4.61. The zero-order valence-electron chi connectivity index (χ0n) is 13.8.